The Kier molecular flexibility index (Phi) is 14.8. The number of carbonyl (C=O) groups is 1. The predicted octanol–water partition coefficient (Wildman–Crippen LogP) is 6.04. The second kappa shape index (κ2) is 22.2. The Morgan fingerprint density at radius 1 is 0.603 bits per heavy atom. The van der Waals surface area contributed by atoms with E-state index in [9.17, 15) is 23.2 Å². The maximum absolute atomic E-state index is 13.3. The molecule has 2 aliphatic carbocycles. The van der Waals surface area contributed by atoms with Crippen molar-refractivity contribution in [2.75, 3.05) is 42.5 Å². The molecule has 0 bridgehead atoms. The first-order valence-electron chi connectivity index (χ1n) is 24.8. The SMILES string of the molecule is N[C@@H]1C[C@H]1c1ccc(F)cc1.O=CCCc1cn(-c2ccc(-n3ccnn3)cc2)c(=O)c(N2CCC2)n1.O=c1c(N2CCC2)nc(CCCN[C@@H]2C[C@H]2c2ccc(F)cc2)cn1-c1ccc(-n2ccnn2)cc1. The molecule has 0 spiro atoms. The lowest BCUT2D eigenvalue weighted by Gasteiger charge is -2.31. The molecular formula is C54H56F2N14O3. The molecule has 4 aromatic heterocycles. The molecule has 73 heavy (non-hydrogen) atoms. The standard InChI is InChI=1S/C27H28FN7O.C18H18N6O2.C9H10FN/c28-20-6-4-19(5-7-20)24-17-25(24)29-12-1-3-21-18-34(27(36)26(31-21)33-14-2-15-33)22-8-10-23(11-9-22)35-16-13-30-32-35;25-12-1-3-14-13-23(18(26)17(20-14)22-9-2-10-22)15-4-6-16(7-5-15)24-11-8-19-21-24;10-7-3-1-6(2-4-7)8-5-9(8)11/h4-11,13,16,18,24-25,29H,1-3,12,14-15,17H2;4-8,11-13H,1-3,9-10H2;1-4,8-9H,5,11H2/t24-,25+;;8-,9+/m0.0/s1. The van der Waals surface area contributed by atoms with Crippen molar-refractivity contribution in [1.29, 1.82) is 0 Å². The lowest BCUT2D eigenvalue weighted by Crippen LogP contribution is -2.42. The molecule has 2 saturated heterocycles. The number of rotatable bonds is 16. The van der Waals surface area contributed by atoms with Crippen LogP contribution in [-0.2, 0) is 17.6 Å². The Morgan fingerprint density at radius 2 is 1.05 bits per heavy atom. The van der Waals surface area contributed by atoms with Crippen molar-refractivity contribution in [3.63, 3.8) is 0 Å². The van der Waals surface area contributed by atoms with Crippen LogP contribution >= 0.6 is 0 Å². The highest BCUT2D eigenvalue weighted by Crippen LogP contribution is 2.41. The fraction of sp³-hybridized carbons (Fsp3) is 0.315. The van der Waals surface area contributed by atoms with Crippen LogP contribution in [0.4, 0.5) is 20.4 Å². The molecule has 4 aromatic carbocycles. The summed E-state index contributed by atoms with van der Waals surface area (Å²) in [5.74, 6) is 1.56. The van der Waals surface area contributed by atoms with Gasteiger partial charge in [0, 0.05) is 80.3 Å². The van der Waals surface area contributed by atoms with E-state index in [-0.39, 0.29) is 22.8 Å². The van der Waals surface area contributed by atoms with Gasteiger partial charge in [-0.2, -0.15) is 0 Å². The van der Waals surface area contributed by atoms with Crippen molar-refractivity contribution in [2.24, 2.45) is 5.73 Å². The smallest absolute Gasteiger partial charge is 0.298 e. The zero-order chi connectivity index (χ0) is 50.3. The summed E-state index contributed by atoms with van der Waals surface area (Å²) in [6.07, 6.45) is 18.1. The zero-order valence-electron chi connectivity index (χ0n) is 40.2. The van der Waals surface area contributed by atoms with Crippen LogP contribution in [0, 0.1) is 11.6 Å². The lowest BCUT2D eigenvalue weighted by atomic mass is 10.1. The van der Waals surface area contributed by atoms with Gasteiger partial charge in [0.25, 0.3) is 11.1 Å². The monoisotopic (exact) mass is 986 g/mol. The van der Waals surface area contributed by atoms with E-state index in [0.717, 1.165) is 112 Å². The molecule has 0 radical (unpaired) electrons. The molecule has 4 aliphatic rings. The normalized spacial score (nSPS) is 18.3. The van der Waals surface area contributed by atoms with Crippen molar-refractivity contribution in [2.45, 2.75) is 75.3 Å². The van der Waals surface area contributed by atoms with E-state index < -0.39 is 0 Å². The lowest BCUT2D eigenvalue weighted by molar-refractivity contribution is -0.107. The second-order valence-corrected chi connectivity index (χ2v) is 18.7. The number of nitrogens with zero attached hydrogens (tertiary/aromatic N) is 12. The summed E-state index contributed by atoms with van der Waals surface area (Å²) in [6, 6.07) is 29.4. The third-order valence-electron chi connectivity index (χ3n) is 13.6. The molecular weight excluding hydrogens is 931 g/mol. The number of carbonyl (C=O) groups excluding carboxylic acids is 1. The highest BCUT2D eigenvalue weighted by molar-refractivity contribution is 5.51. The number of benzene rings is 4. The van der Waals surface area contributed by atoms with Crippen LogP contribution in [-0.4, -0.2) is 100 Å². The number of halogens is 2. The zero-order valence-corrected chi connectivity index (χ0v) is 40.2. The van der Waals surface area contributed by atoms with Crippen molar-refractivity contribution >= 4 is 17.9 Å². The van der Waals surface area contributed by atoms with E-state index in [1.54, 1.807) is 49.5 Å². The third kappa shape index (κ3) is 11.7. The molecule has 4 fully saturated rings. The number of aromatic nitrogens is 10. The summed E-state index contributed by atoms with van der Waals surface area (Å²) in [7, 11) is 0. The predicted molar refractivity (Wildman–Crippen MR) is 273 cm³/mol. The Hall–Kier alpha value is -8.03. The van der Waals surface area contributed by atoms with Gasteiger partial charge < -0.3 is 25.6 Å². The van der Waals surface area contributed by atoms with Crippen LogP contribution in [0.3, 0.4) is 0 Å². The molecule has 374 valence electrons. The van der Waals surface area contributed by atoms with Crippen LogP contribution in [0.25, 0.3) is 22.7 Å². The van der Waals surface area contributed by atoms with E-state index in [0.29, 0.717) is 48.4 Å². The van der Waals surface area contributed by atoms with Crippen LogP contribution < -0.4 is 32.0 Å². The molecule has 0 unspecified atom stereocenters. The Labute approximate surface area is 420 Å². The quantitative estimate of drug-likeness (QED) is 0.0843. The average molecular weight is 987 g/mol. The first kappa shape index (κ1) is 48.6. The second-order valence-electron chi connectivity index (χ2n) is 18.7. The molecule has 3 N–H and O–H groups in total. The average Bonchev–Trinajstić information content (AvgIpc) is 4.11. The van der Waals surface area contributed by atoms with E-state index in [2.05, 4.69) is 35.8 Å². The molecule has 2 saturated carbocycles. The van der Waals surface area contributed by atoms with Gasteiger partial charge in [0.2, 0.25) is 0 Å². The fourth-order valence-electron chi connectivity index (χ4n) is 8.94. The van der Waals surface area contributed by atoms with Gasteiger partial charge in [-0.1, -0.05) is 34.7 Å². The molecule has 19 heteroatoms. The van der Waals surface area contributed by atoms with Crippen molar-refractivity contribution in [3.05, 3.63) is 189 Å². The molecule has 4 atom stereocenters. The minimum atomic E-state index is -0.193. The first-order valence-corrected chi connectivity index (χ1v) is 24.8. The molecule has 6 heterocycles. The summed E-state index contributed by atoms with van der Waals surface area (Å²) in [6.45, 7) is 4.28. The fourth-order valence-corrected chi connectivity index (χ4v) is 8.94. The van der Waals surface area contributed by atoms with E-state index >= 15 is 0 Å². The van der Waals surface area contributed by atoms with Gasteiger partial charge in [0.05, 0.1) is 47.6 Å². The summed E-state index contributed by atoms with van der Waals surface area (Å²) < 4.78 is 32.3. The number of aldehydes is 1. The maximum Gasteiger partial charge on any atom is 0.298 e. The Bertz CT molecular complexity index is 3210. The summed E-state index contributed by atoms with van der Waals surface area (Å²) in [5.41, 5.74) is 12.7. The topological polar surface area (TPSA) is 193 Å². The third-order valence-corrected chi connectivity index (χ3v) is 13.6. The summed E-state index contributed by atoms with van der Waals surface area (Å²) in [4.78, 5) is 50.2. The van der Waals surface area contributed by atoms with Gasteiger partial charge in [-0.15, -0.1) is 10.2 Å². The number of aryl methyl sites for hydroxylation is 2. The molecule has 8 aromatic rings. The minimum absolute atomic E-state index is 0.0924. The van der Waals surface area contributed by atoms with Gasteiger partial charge in [-0.05, 0) is 135 Å². The van der Waals surface area contributed by atoms with Gasteiger partial charge >= 0.3 is 0 Å². The van der Waals surface area contributed by atoms with Crippen molar-refractivity contribution in [1.82, 2.24) is 54.4 Å². The van der Waals surface area contributed by atoms with Crippen LogP contribution in [0.1, 0.15) is 72.9 Å². The summed E-state index contributed by atoms with van der Waals surface area (Å²) >= 11 is 0. The van der Waals surface area contributed by atoms with Crippen LogP contribution in [0.5, 0.6) is 0 Å². The van der Waals surface area contributed by atoms with Crippen molar-refractivity contribution < 1.29 is 13.6 Å². The summed E-state index contributed by atoms with van der Waals surface area (Å²) in [5, 5.41) is 19.2. The molecule has 0 amide bonds. The van der Waals surface area contributed by atoms with Crippen LogP contribution in [0.2, 0.25) is 0 Å². The number of anilines is 2. The van der Waals surface area contributed by atoms with E-state index in [1.165, 1.54) is 35.4 Å². The highest BCUT2D eigenvalue weighted by Gasteiger charge is 2.37. The van der Waals surface area contributed by atoms with Crippen molar-refractivity contribution in [3.8, 4) is 22.7 Å². The maximum atomic E-state index is 13.3. The first-order chi connectivity index (χ1) is 35.7. The largest absolute Gasteiger partial charge is 0.352 e. The number of hydrogen-bond donors (Lipinski definition) is 2. The van der Waals surface area contributed by atoms with Gasteiger partial charge in [0.15, 0.2) is 11.6 Å². The molecule has 2 aliphatic heterocycles. The van der Waals surface area contributed by atoms with Crippen LogP contribution in [0.15, 0.2) is 144 Å². The Balaban J connectivity index is 0.000000143. The van der Waals surface area contributed by atoms with Gasteiger partial charge in [-0.25, -0.2) is 28.1 Å². The van der Waals surface area contributed by atoms with E-state index in [4.69, 9.17) is 10.7 Å². The van der Waals surface area contributed by atoms with Gasteiger partial charge in [0.1, 0.15) is 17.9 Å². The number of hydrogen-bond acceptors (Lipinski definition) is 13. The van der Waals surface area contributed by atoms with Gasteiger partial charge in [-0.3, -0.25) is 18.7 Å². The molecule has 12 rings (SSSR count). The minimum Gasteiger partial charge on any atom is -0.352 e. The molecule has 17 nitrogen and oxygen atoms in total. The number of nitrogens with one attached hydrogen (secondary N) is 1. The van der Waals surface area contributed by atoms with E-state index in [1.807, 2.05) is 83.9 Å². The Morgan fingerprint density at radius 3 is 1.47 bits per heavy atom. The highest BCUT2D eigenvalue weighted by atomic mass is 19.1. The number of nitrogens with two attached hydrogens (primary N) is 1.